The first-order valence-corrected chi connectivity index (χ1v) is 7.47. The predicted octanol–water partition coefficient (Wildman–Crippen LogP) is 2.20. The third kappa shape index (κ3) is 5.00. The molecule has 0 aliphatic heterocycles. The normalized spacial score (nSPS) is 11.6. The minimum Gasteiger partial charge on any atom is -0.497 e. The summed E-state index contributed by atoms with van der Waals surface area (Å²) in [7, 11) is 1.61. The molecule has 3 N–H and O–H groups in total. The van der Waals surface area contributed by atoms with Crippen molar-refractivity contribution >= 4 is 5.91 Å². The molecule has 122 valence electrons. The van der Waals surface area contributed by atoms with Crippen LogP contribution < -0.4 is 20.5 Å². The average Bonchev–Trinajstić information content (AvgIpc) is 2.59. The molecule has 2 rings (SSSR count). The smallest absolute Gasteiger partial charge is 0.241 e. The second kappa shape index (κ2) is 8.19. The first-order valence-electron chi connectivity index (χ1n) is 7.47. The van der Waals surface area contributed by atoms with E-state index in [0.29, 0.717) is 13.2 Å². The minimum atomic E-state index is -0.670. The van der Waals surface area contributed by atoms with E-state index in [2.05, 4.69) is 5.32 Å². The van der Waals surface area contributed by atoms with E-state index in [-0.39, 0.29) is 5.91 Å². The van der Waals surface area contributed by atoms with Crippen molar-refractivity contribution in [2.75, 3.05) is 20.3 Å². The molecule has 5 heteroatoms. The molecule has 0 aromatic heterocycles. The number of carbonyl (C=O) groups excluding carboxylic acids is 1. The van der Waals surface area contributed by atoms with Crippen LogP contribution in [-0.2, 0) is 4.79 Å². The van der Waals surface area contributed by atoms with Crippen LogP contribution in [0, 0.1) is 6.92 Å². The molecule has 23 heavy (non-hydrogen) atoms. The summed E-state index contributed by atoms with van der Waals surface area (Å²) in [5.74, 6) is 1.28. The Balaban J connectivity index is 1.74. The highest BCUT2D eigenvalue weighted by molar-refractivity contribution is 5.82. The third-order valence-corrected chi connectivity index (χ3v) is 3.45. The quantitative estimate of drug-likeness (QED) is 0.768. The van der Waals surface area contributed by atoms with Gasteiger partial charge in [0.15, 0.2) is 0 Å². The second-order valence-corrected chi connectivity index (χ2v) is 5.20. The number of hydrogen-bond donors (Lipinski definition) is 2. The van der Waals surface area contributed by atoms with Crippen LogP contribution in [0.4, 0.5) is 0 Å². The molecule has 0 saturated carbocycles. The van der Waals surface area contributed by atoms with E-state index in [0.717, 1.165) is 22.6 Å². The van der Waals surface area contributed by atoms with Gasteiger partial charge in [-0.2, -0.15) is 0 Å². The van der Waals surface area contributed by atoms with Gasteiger partial charge in [-0.25, -0.2) is 0 Å². The van der Waals surface area contributed by atoms with Gasteiger partial charge in [-0.05, 0) is 36.8 Å². The van der Waals surface area contributed by atoms with Gasteiger partial charge in [-0.3, -0.25) is 4.79 Å². The summed E-state index contributed by atoms with van der Waals surface area (Å²) in [6, 6.07) is 14.2. The molecule has 1 amide bonds. The molecule has 0 spiro atoms. The highest BCUT2D eigenvalue weighted by Crippen LogP contribution is 2.16. The van der Waals surface area contributed by atoms with Gasteiger partial charge >= 0.3 is 0 Å². The van der Waals surface area contributed by atoms with E-state index >= 15 is 0 Å². The molecule has 0 radical (unpaired) electrons. The molecule has 0 aliphatic carbocycles. The highest BCUT2D eigenvalue weighted by atomic mass is 16.5. The van der Waals surface area contributed by atoms with Crippen LogP contribution in [0.2, 0.25) is 0 Å². The Morgan fingerprint density at radius 1 is 1.09 bits per heavy atom. The zero-order valence-corrected chi connectivity index (χ0v) is 13.4. The predicted molar refractivity (Wildman–Crippen MR) is 89.6 cm³/mol. The zero-order chi connectivity index (χ0) is 16.7. The Hall–Kier alpha value is -2.53. The molecule has 0 heterocycles. The van der Waals surface area contributed by atoms with E-state index < -0.39 is 6.04 Å². The Bertz CT molecular complexity index is 624. The monoisotopic (exact) mass is 314 g/mol. The molecule has 0 fully saturated rings. The van der Waals surface area contributed by atoms with Crippen molar-refractivity contribution in [3.05, 3.63) is 59.7 Å². The largest absolute Gasteiger partial charge is 0.497 e. The fourth-order valence-electron chi connectivity index (χ4n) is 2.05. The van der Waals surface area contributed by atoms with Gasteiger partial charge in [0.2, 0.25) is 5.91 Å². The summed E-state index contributed by atoms with van der Waals surface area (Å²) in [4.78, 5) is 12.0. The van der Waals surface area contributed by atoms with Crippen LogP contribution in [0.5, 0.6) is 11.5 Å². The third-order valence-electron chi connectivity index (χ3n) is 3.45. The fourth-order valence-corrected chi connectivity index (χ4v) is 2.05. The summed E-state index contributed by atoms with van der Waals surface area (Å²) in [5, 5.41) is 2.77. The minimum absolute atomic E-state index is 0.216. The van der Waals surface area contributed by atoms with E-state index in [9.17, 15) is 4.79 Å². The summed E-state index contributed by atoms with van der Waals surface area (Å²) >= 11 is 0. The molecule has 2 aromatic rings. The van der Waals surface area contributed by atoms with Crippen molar-refractivity contribution in [1.82, 2.24) is 5.32 Å². The van der Waals surface area contributed by atoms with E-state index in [1.807, 2.05) is 55.5 Å². The Kier molecular flexibility index (Phi) is 6.00. The molecular weight excluding hydrogens is 292 g/mol. The molecule has 0 saturated heterocycles. The number of nitrogens with one attached hydrogen (secondary N) is 1. The van der Waals surface area contributed by atoms with Gasteiger partial charge in [0, 0.05) is 0 Å². The van der Waals surface area contributed by atoms with E-state index in [1.54, 1.807) is 7.11 Å². The number of nitrogens with two attached hydrogens (primary N) is 1. The maximum Gasteiger partial charge on any atom is 0.241 e. The van der Waals surface area contributed by atoms with Crippen LogP contribution in [0.3, 0.4) is 0 Å². The zero-order valence-electron chi connectivity index (χ0n) is 13.4. The Morgan fingerprint density at radius 3 is 2.30 bits per heavy atom. The molecule has 0 aliphatic rings. The number of amides is 1. The molecule has 0 bridgehead atoms. The lowest BCUT2D eigenvalue weighted by Gasteiger charge is -2.13. The number of aryl methyl sites for hydroxylation is 1. The van der Waals surface area contributed by atoms with Crippen molar-refractivity contribution in [2.45, 2.75) is 13.0 Å². The van der Waals surface area contributed by atoms with Gasteiger partial charge in [-0.15, -0.1) is 0 Å². The number of methoxy groups -OCH3 is 1. The number of hydrogen-bond acceptors (Lipinski definition) is 4. The van der Waals surface area contributed by atoms with Crippen molar-refractivity contribution < 1.29 is 14.3 Å². The molecule has 5 nitrogen and oxygen atoms in total. The van der Waals surface area contributed by atoms with Crippen molar-refractivity contribution in [2.24, 2.45) is 5.73 Å². The van der Waals surface area contributed by atoms with Crippen LogP contribution in [-0.4, -0.2) is 26.2 Å². The topological polar surface area (TPSA) is 73.6 Å². The van der Waals surface area contributed by atoms with Crippen LogP contribution in [0.15, 0.2) is 48.5 Å². The molecule has 2 aromatic carbocycles. The van der Waals surface area contributed by atoms with Crippen molar-refractivity contribution in [3.8, 4) is 11.5 Å². The lowest BCUT2D eigenvalue weighted by Crippen LogP contribution is -2.36. The number of carbonyl (C=O) groups is 1. The fraction of sp³-hybridized carbons (Fsp3) is 0.278. The first-order chi connectivity index (χ1) is 11.1. The molecular formula is C18H22N2O3. The maximum absolute atomic E-state index is 12.0. The lowest BCUT2D eigenvalue weighted by molar-refractivity contribution is -0.122. The van der Waals surface area contributed by atoms with Gasteiger partial charge in [0.05, 0.1) is 13.7 Å². The van der Waals surface area contributed by atoms with Crippen molar-refractivity contribution in [3.63, 3.8) is 0 Å². The standard InChI is InChI=1S/C18H22N2O3/c1-13-3-5-14(6-4-13)17(19)18(21)20-11-12-23-16-9-7-15(22-2)8-10-16/h3-10,17H,11-12,19H2,1-2H3,(H,20,21). The van der Waals surface area contributed by atoms with Gasteiger partial charge < -0.3 is 20.5 Å². The summed E-state index contributed by atoms with van der Waals surface area (Å²) in [5.41, 5.74) is 7.88. The van der Waals surface area contributed by atoms with Crippen LogP contribution >= 0.6 is 0 Å². The average molecular weight is 314 g/mol. The first kappa shape index (κ1) is 16.8. The van der Waals surface area contributed by atoms with E-state index in [1.165, 1.54) is 0 Å². The highest BCUT2D eigenvalue weighted by Gasteiger charge is 2.14. The van der Waals surface area contributed by atoms with Crippen LogP contribution in [0.25, 0.3) is 0 Å². The lowest BCUT2D eigenvalue weighted by atomic mass is 10.1. The molecule has 1 unspecified atom stereocenters. The number of ether oxygens (including phenoxy) is 2. The number of benzene rings is 2. The van der Waals surface area contributed by atoms with E-state index in [4.69, 9.17) is 15.2 Å². The second-order valence-electron chi connectivity index (χ2n) is 5.20. The summed E-state index contributed by atoms with van der Waals surface area (Å²) in [6.07, 6.45) is 0. The van der Waals surface area contributed by atoms with Gasteiger partial charge in [0.1, 0.15) is 24.1 Å². The summed E-state index contributed by atoms with van der Waals surface area (Å²) in [6.45, 7) is 2.76. The maximum atomic E-state index is 12.0. The Labute approximate surface area is 136 Å². The van der Waals surface area contributed by atoms with Crippen molar-refractivity contribution in [1.29, 1.82) is 0 Å². The van der Waals surface area contributed by atoms with Gasteiger partial charge in [0.25, 0.3) is 0 Å². The Morgan fingerprint density at radius 2 is 1.70 bits per heavy atom. The van der Waals surface area contributed by atoms with Gasteiger partial charge in [-0.1, -0.05) is 29.8 Å². The molecule has 1 atom stereocenters. The number of rotatable bonds is 7. The SMILES string of the molecule is COc1ccc(OCCNC(=O)C(N)c2ccc(C)cc2)cc1. The van der Waals surface area contributed by atoms with Crippen LogP contribution in [0.1, 0.15) is 17.2 Å². The summed E-state index contributed by atoms with van der Waals surface area (Å²) < 4.78 is 10.6.